The summed E-state index contributed by atoms with van der Waals surface area (Å²) < 4.78 is 2.05. The Hall–Kier alpha value is -4.37. The lowest BCUT2D eigenvalue weighted by molar-refractivity contribution is 0.0952. The summed E-state index contributed by atoms with van der Waals surface area (Å²) in [4.78, 5) is 12.2. The molecule has 0 unspecified atom stereocenters. The average Bonchev–Trinajstić information content (AvgIpc) is 3.12. The number of hydrazone groups is 1. The molecule has 146 valence electrons. The smallest absolute Gasteiger partial charge is 0.275 e. The van der Waals surface area contributed by atoms with Crippen molar-refractivity contribution in [1.29, 1.82) is 5.26 Å². The van der Waals surface area contributed by atoms with Crippen LogP contribution in [-0.4, -0.2) is 21.8 Å². The van der Waals surface area contributed by atoms with E-state index in [9.17, 15) is 15.2 Å². The summed E-state index contributed by atoms with van der Waals surface area (Å²) in [5.41, 5.74) is 6.00. The third kappa shape index (κ3) is 3.77. The monoisotopic (exact) mass is 394 g/mol. The molecule has 4 aromatic rings. The zero-order valence-corrected chi connectivity index (χ0v) is 16.0. The molecule has 30 heavy (non-hydrogen) atoms. The average molecular weight is 394 g/mol. The second kappa shape index (κ2) is 8.33. The minimum Gasteiger partial charge on any atom is -0.507 e. The van der Waals surface area contributed by atoms with Crippen LogP contribution in [0.2, 0.25) is 0 Å². The first-order valence-electron chi connectivity index (χ1n) is 9.34. The van der Waals surface area contributed by atoms with E-state index in [1.807, 2.05) is 48.7 Å². The maximum Gasteiger partial charge on any atom is 0.275 e. The van der Waals surface area contributed by atoms with E-state index >= 15 is 0 Å². The molecule has 0 bridgehead atoms. The van der Waals surface area contributed by atoms with E-state index in [4.69, 9.17) is 0 Å². The molecule has 0 radical (unpaired) electrons. The van der Waals surface area contributed by atoms with Crippen molar-refractivity contribution in [2.24, 2.45) is 5.10 Å². The molecule has 0 fully saturated rings. The highest BCUT2D eigenvalue weighted by atomic mass is 16.3. The molecule has 0 saturated heterocycles. The zero-order chi connectivity index (χ0) is 20.9. The van der Waals surface area contributed by atoms with E-state index in [1.54, 1.807) is 24.4 Å². The first kappa shape index (κ1) is 19.0. The van der Waals surface area contributed by atoms with E-state index in [2.05, 4.69) is 21.2 Å². The van der Waals surface area contributed by atoms with E-state index in [1.165, 1.54) is 12.1 Å². The minimum absolute atomic E-state index is 0.0991. The number of fused-ring (bicyclic) bond motifs is 1. The second-order valence-electron chi connectivity index (χ2n) is 6.71. The minimum atomic E-state index is -0.490. The van der Waals surface area contributed by atoms with Crippen molar-refractivity contribution in [3.05, 3.63) is 101 Å². The Labute approximate surface area is 173 Å². The van der Waals surface area contributed by atoms with E-state index in [0.717, 1.165) is 22.0 Å². The molecule has 6 heteroatoms. The first-order valence-corrected chi connectivity index (χ1v) is 9.34. The number of hydrogen-bond donors (Lipinski definition) is 2. The normalized spacial score (nSPS) is 10.9. The Morgan fingerprint density at radius 2 is 1.80 bits per heavy atom. The summed E-state index contributed by atoms with van der Waals surface area (Å²) in [6, 6.07) is 23.9. The largest absolute Gasteiger partial charge is 0.507 e. The molecule has 1 aromatic heterocycles. The van der Waals surface area contributed by atoms with E-state index in [0.29, 0.717) is 12.1 Å². The highest BCUT2D eigenvalue weighted by Gasteiger charge is 2.11. The molecule has 0 atom stereocenters. The number of aromatic nitrogens is 1. The van der Waals surface area contributed by atoms with E-state index in [-0.39, 0.29) is 11.3 Å². The maximum absolute atomic E-state index is 12.2. The van der Waals surface area contributed by atoms with Crippen LogP contribution in [0.4, 0.5) is 0 Å². The quantitative estimate of drug-likeness (QED) is 0.395. The fourth-order valence-corrected chi connectivity index (χ4v) is 3.35. The number of nitrogens with one attached hydrogen (secondary N) is 1. The molecular weight excluding hydrogens is 376 g/mol. The highest BCUT2D eigenvalue weighted by Crippen LogP contribution is 2.22. The van der Waals surface area contributed by atoms with Crippen LogP contribution in [0, 0.1) is 11.3 Å². The standard InChI is InChI=1S/C24H18N4O2/c25-13-17-7-1-2-8-18(17)15-28-16-19(20-9-3-5-11-22(20)28)14-26-27-24(30)21-10-4-6-12-23(21)29/h1-12,14,16,29H,15H2,(H,27,30)/b26-14-. The van der Waals surface area contributed by atoms with Gasteiger partial charge in [0.25, 0.3) is 5.91 Å². The van der Waals surface area contributed by atoms with Gasteiger partial charge in [-0.1, -0.05) is 48.5 Å². The Morgan fingerprint density at radius 1 is 1.07 bits per heavy atom. The fourth-order valence-electron chi connectivity index (χ4n) is 3.35. The predicted molar refractivity (Wildman–Crippen MR) is 115 cm³/mol. The number of rotatable bonds is 5. The van der Waals surface area contributed by atoms with Gasteiger partial charge < -0.3 is 9.67 Å². The van der Waals surface area contributed by atoms with Gasteiger partial charge in [0.15, 0.2) is 0 Å². The molecule has 0 saturated carbocycles. The summed E-state index contributed by atoms with van der Waals surface area (Å²) in [6.45, 7) is 0.544. The van der Waals surface area contributed by atoms with Gasteiger partial charge in [0.2, 0.25) is 0 Å². The Bertz CT molecular complexity index is 1300. The number of amides is 1. The molecule has 1 amide bonds. The summed E-state index contributed by atoms with van der Waals surface area (Å²) in [5.74, 6) is -0.589. The van der Waals surface area contributed by atoms with Gasteiger partial charge in [0, 0.05) is 29.2 Å². The summed E-state index contributed by atoms with van der Waals surface area (Å²) >= 11 is 0. The lowest BCUT2D eigenvalue weighted by atomic mass is 10.1. The van der Waals surface area contributed by atoms with Crippen molar-refractivity contribution in [2.45, 2.75) is 6.54 Å². The molecule has 0 spiro atoms. The number of nitrogens with zero attached hydrogens (tertiary/aromatic N) is 3. The third-order valence-corrected chi connectivity index (χ3v) is 4.82. The van der Waals surface area contributed by atoms with Gasteiger partial charge in [0.05, 0.1) is 23.4 Å². The fraction of sp³-hybridized carbons (Fsp3) is 0.0417. The Morgan fingerprint density at radius 3 is 2.63 bits per heavy atom. The molecule has 6 nitrogen and oxygen atoms in total. The van der Waals surface area contributed by atoms with Gasteiger partial charge in [-0.05, 0) is 29.8 Å². The van der Waals surface area contributed by atoms with Gasteiger partial charge in [-0.25, -0.2) is 5.43 Å². The molecule has 0 aliphatic heterocycles. The number of aromatic hydroxyl groups is 1. The number of carbonyl (C=O) groups excluding carboxylic acids is 1. The van der Waals surface area contributed by atoms with Gasteiger partial charge in [0.1, 0.15) is 5.75 Å². The van der Waals surface area contributed by atoms with Crippen LogP contribution in [0.15, 0.2) is 84.1 Å². The molecule has 0 aliphatic carbocycles. The lowest BCUT2D eigenvalue weighted by Gasteiger charge is -2.07. The molecule has 1 heterocycles. The van der Waals surface area contributed by atoms with Crippen molar-refractivity contribution in [1.82, 2.24) is 9.99 Å². The topological polar surface area (TPSA) is 90.4 Å². The van der Waals surface area contributed by atoms with E-state index < -0.39 is 5.91 Å². The van der Waals surface area contributed by atoms with Gasteiger partial charge in [-0.3, -0.25) is 4.79 Å². The highest BCUT2D eigenvalue weighted by molar-refractivity contribution is 6.01. The van der Waals surface area contributed by atoms with Gasteiger partial charge in [-0.2, -0.15) is 10.4 Å². The molecular formula is C24H18N4O2. The van der Waals surface area contributed by atoms with Crippen molar-refractivity contribution in [2.75, 3.05) is 0 Å². The van der Waals surface area contributed by atoms with Crippen molar-refractivity contribution < 1.29 is 9.90 Å². The van der Waals surface area contributed by atoms with Crippen LogP contribution < -0.4 is 5.43 Å². The van der Waals surface area contributed by atoms with Gasteiger partial charge >= 0.3 is 0 Å². The van der Waals surface area contributed by atoms with Crippen LogP contribution >= 0.6 is 0 Å². The second-order valence-corrected chi connectivity index (χ2v) is 6.71. The molecule has 4 rings (SSSR count). The number of phenolic OH excluding ortho intramolecular Hbond substituents is 1. The van der Waals surface area contributed by atoms with Crippen molar-refractivity contribution in [3.8, 4) is 11.8 Å². The Kier molecular flexibility index (Phi) is 5.27. The van der Waals surface area contributed by atoms with Crippen LogP contribution in [-0.2, 0) is 6.54 Å². The summed E-state index contributed by atoms with van der Waals surface area (Å²) in [7, 11) is 0. The van der Waals surface area contributed by atoms with Gasteiger partial charge in [-0.15, -0.1) is 0 Å². The number of para-hydroxylation sites is 2. The molecule has 3 aromatic carbocycles. The SMILES string of the molecule is N#Cc1ccccc1Cn1cc(/C=N\NC(=O)c2ccccc2O)c2ccccc21. The van der Waals surface area contributed by atoms with Crippen LogP contribution in [0.1, 0.15) is 27.0 Å². The van der Waals surface area contributed by atoms with Crippen molar-refractivity contribution in [3.63, 3.8) is 0 Å². The number of phenols is 1. The first-order chi connectivity index (χ1) is 14.7. The number of nitriles is 1. The molecule has 0 aliphatic rings. The molecule has 2 N–H and O–H groups in total. The number of hydrogen-bond acceptors (Lipinski definition) is 4. The number of benzene rings is 3. The zero-order valence-electron chi connectivity index (χ0n) is 16.0. The van der Waals surface area contributed by atoms with Crippen LogP contribution in [0.25, 0.3) is 10.9 Å². The maximum atomic E-state index is 12.2. The summed E-state index contributed by atoms with van der Waals surface area (Å²) in [6.07, 6.45) is 3.52. The Balaban J connectivity index is 1.61. The van der Waals surface area contributed by atoms with Crippen LogP contribution in [0.5, 0.6) is 5.75 Å². The summed E-state index contributed by atoms with van der Waals surface area (Å²) in [5, 5.41) is 24.2. The number of carbonyl (C=O) groups is 1. The lowest BCUT2D eigenvalue weighted by Crippen LogP contribution is -2.17. The van der Waals surface area contributed by atoms with Crippen LogP contribution in [0.3, 0.4) is 0 Å². The van der Waals surface area contributed by atoms with Crippen molar-refractivity contribution >= 4 is 23.0 Å². The predicted octanol–water partition coefficient (Wildman–Crippen LogP) is 4.03. The third-order valence-electron chi connectivity index (χ3n) is 4.82.